The van der Waals surface area contributed by atoms with Crippen molar-refractivity contribution >= 4 is 16.7 Å². The Balaban J connectivity index is 2.69. The van der Waals surface area contributed by atoms with Crippen LogP contribution >= 0.6 is 0 Å². The first-order valence-electron chi connectivity index (χ1n) is 3.77. The largest absolute Gasteiger partial charge is 0.477 e. The summed E-state index contributed by atoms with van der Waals surface area (Å²) in [6.07, 6.45) is 1.54. The number of hydrogen-bond donors (Lipinski definition) is 1. The Labute approximate surface area is 74.7 Å². The van der Waals surface area contributed by atoms with Gasteiger partial charge in [0.05, 0.1) is 0 Å². The number of benzene rings is 1. The zero-order valence-corrected chi connectivity index (χ0v) is 6.69. The molecule has 0 amide bonds. The molecule has 0 aliphatic carbocycles. The van der Waals surface area contributed by atoms with E-state index in [2.05, 4.69) is 11.1 Å². The third-order valence-corrected chi connectivity index (χ3v) is 1.76. The van der Waals surface area contributed by atoms with Gasteiger partial charge in [0.1, 0.15) is 5.69 Å². The van der Waals surface area contributed by atoms with E-state index in [1.54, 1.807) is 6.07 Å². The standard InChI is InChI=1S/C10H6NO2/c12-10(13)9-5-7-3-1-2-4-8(7)6-11-9/h1-2,4-6H,(H,12,13). The third-order valence-electron chi connectivity index (χ3n) is 1.76. The smallest absolute Gasteiger partial charge is 0.354 e. The molecule has 3 heteroatoms. The summed E-state index contributed by atoms with van der Waals surface area (Å²) in [6, 6.07) is 9.90. The van der Waals surface area contributed by atoms with Gasteiger partial charge in [-0.1, -0.05) is 18.2 Å². The van der Waals surface area contributed by atoms with Crippen molar-refractivity contribution in [2.75, 3.05) is 0 Å². The molecule has 0 unspecified atom stereocenters. The molecular weight excluding hydrogens is 166 g/mol. The molecule has 0 spiro atoms. The molecule has 0 saturated heterocycles. The van der Waals surface area contributed by atoms with Crippen LogP contribution in [0, 0.1) is 6.07 Å². The maximum atomic E-state index is 10.6. The van der Waals surface area contributed by atoms with E-state index in [0.717, 1.165) is 10.8 Å². The van der Waals surface area contributed by atoms with Crippen LogP contribution in [0.1, 0.15) is 10.5 Å². The number of carbonyl (C=O) groups is 1. The number of pyridine rings is 1. The number of aromatic carboxylic acids is 1. The minimum atomic E-state index is -1.01. The summed E-state index contributed by atoms with van der Waals surface area (Å²) >= 11 is 0. The van der Waals surface area contributed by atoms with E-state index < -0.39 is 5.97 Å². The first-order valence-corrected chi connectivity index (χ1v) is 3.77. The van der Waals surface area contributed by atoms with Crippen LogP contribution in [0.5, 0.6) is 0 Å². The van der Waals surface area contributed by atoms with Crippen LogP contribution < -0.4 is 0 Å². The van der Waals surface area contributed by atoms with E-state index >= 15 is 0 Å². The molecule has 1 aromatic heterocycles. The van der Waals surface area contributed by atoms with Crippen LogP contribution in [0.2, 0.25) is 0 Å². The molecule has 0 aliphatic heterocycles. The maximum Gasteiger partial charge on any atom is 0.354 e. The minimum absolute atomic E-state index is 0.0509. The van der Waals surface area contributed by atoms with Crippen molar-refractivity contribution in [1.29, 1.82) is 0 Å². The normalized spacial score (nSPS) is 10.2. The van der Waals surface area contributed by atoms with Crippen molar-refractivity contribution in [2.45, 2.75) is 0 Å². The lowest BCUT2D eigenvalue weighted by Crippen LogP contribution is -1.98. The Hall–Kier alpha value is -1.90. The zero-order valence-electron chi connectivity index (χ0n) is 6.69. The van der Waals surface area contributed by atoms with Crippen LogP contribution in [-0.4, -0.2) is 16.1 Å². The Bertz CT molecular complexity index is 465. The fraction of sp³-hybridized carbons (Fsp3) is 0. The van der Waals surface area contributed by atoms with Gasteiger partial charge < -0.3 is 5.11 Å². The molecule has 1 N–H and O–H groups in total. The van der Waals surface area contributed by atoms with Gasteiger partial charge in [-0.25, -0.2) is 9.78 Å². The summed E-state index contributed by atoms with van der Waals surface area (Å²) in [6.45, 7) is 0. The van der Waals surface area contributed by atoms with Gasteiger partial charge in [0.25, 0.3) is 0 Å². The average molecular weight is 172 g/mol. The highest BCUT2D eigenvalue weighted by Crippen LogP contribution is 2.12. The predicted octanol–water partition coefficient (Wildman–Crippen LogP) is 1.73. The molecular formula is C10H6NO2. The molecule has 2 aromatic rings. The first-order chi connectivity index (χ1) is 6.27. The number of fused-ring (bicyclic) bond motifs is 1. The molecule has 0 aliphatic rings. The molecule has 3 nitrogen and oxygen atoms in total. The van der Waals surface area contributed by atoms with Crippen LogP contribution in [0.25, 0.3) is 10.8 Å². The average Bonchev–Trinajstić information content (AvgIpc) is 2.17. The summed E-state index contributed by atoms with van der Waals surface area (Å²) in [5.41, 5.74) is 0.0509. The van der Waals surface area contributed by atoms with Gasteiger partial charge >= 0.3 is 5.97 Å². The van der Waals surface area contributed by atoms with Gasteiger partial charge in [0.2, 0.25) is 0 Å². The van der Waals surface area contributed by atoms with Gasteiger partial charge in [-0.3, -0.25) is 0 Å². The molecule has 2 rings (SSSR count). The third kappa shape index (κ3) is 1.36. The molecule has 0 saturated carbocycles. The van der Waals surface area contributed by atoms with Gasteiger partial charge in [0.15, 0.2) is 0 Å². The summed E-state index contributed by atoms with van der Waals surface area (Å²) in [4.78, 5) is 14.4. The lowest BCUT2D eigenvalue weighted by molar-refractivity contribution is 0.0691. The van der Waals surface area contributed by atoms with E-state index in [4.69, 9.17) is 5.11 Å². The number of rotatable bonds is 1. The fourth-order valence-electron chi connectivity index (χ4n) is 1.13. The second-order valence-electron chi connectivity index (χ2n) is 2.63. The predicted molar refractivity (Wildman–Crippen MR) is 47.5 cm³/mol. The quantitative estimate of drug-likeness (QED) is 0.712. The van der Waals surface area contributed by atoms with E-state index in [1.165, 1.54) is 12.3 Å². The van der Waals surface area contributed by atoms with Gasteiger partial charge in [0, 0.05) is 11.6 Å². The van der Waals surface area contributed by atoms with E-state index in [-0.39, 0.29) is 5.69 Å². The molecule has 1 heterocycles. The monoisotopic (exact) mass is 172 g/mol. The summed E-state index contributed by atoms with van der Waals surface area (Å²) in [7, 11) is 0. The summed E-state index contributed by atoms with van der Waals surface area (Å²) < 4.78 is 0. The molecule has 1 aromatic carbocycles. The summed E-state index contributed by atoms with van der Waals surface area (Å²) in [5, 5.41) is 10.3. The number of carboxylic acids is 1. The highest BCUT2D eigenvalue weighted by Gasteiger charge is 2.04. The van der Waals surface area contributed by atoms with Crippen molar-refractivity contribution in [3.63, 3.8) is 0 Å². The molecule has 0 fully saturated rings. The van der Waals surface area contributed by atoms with Crippen molar-refractivity contribution in [1.82, 2.24) is 4.98 Å². The van der Waals surface area contributed by atoms with Crippen LogP contribution in [0.4, 0.5) is 0 Å². The zero-order chi connectivity index (χ0) is 9.26. The van der Waals surface area contributed by atoms with Crippen LogP contribution in [0.3, 0.4) is 0 Å². The lowest BCUT2D eigenvalue weighted by atomic mass is 10.1. The number of carboxylic acid groups (broad SMARTS) is 1. The number of aromatic nitrogens is 1. The van der Waals surface area contributed by atoms with Crippen LogP contribution in [-0.2, 0) is 0 Å². The van der Waals surface area contributed by atoms with Gasteiger partial charge in [-0.15, -0.1) is 0 Å². The maximum absolute atomic E-state index is 10.6. The summed E-state index contributed by atoms with van der Waals surface area (Å²) in [5.74, 6) is -1.01. The van der Waals surface area contributed by atoms with Gasteiger partial charge in [-0.2, -0.15) is 0 Å². The number of hydrogen-bond acceptors (Lipinski definition) is 2. The van der Waals surface area contributed by atoms with E-state index in [1.807, 2.05) is 12.1 Å². The second kappa shape index (κ2) is 2.86. The molecule has 1 radical (unpaired) electrons. The van der Waals surface area contributed by atoms with E-state index in [0.29, 0.717) is 0 Å². The van der Waals surface area contributed by atoms with Crippen LogP contribution in [0.15, 0.2) is 30.5 Å². The Morgan fingerprint density at radius 2 is 2.38 bits per heavy atom. The molecule has 63 valence electrons. The highest BCUT2D eigenvalue weighted by molar-refractivity contribution is 5.91. The van der Waals surface area contributed by atoms with Crippen molar-refractivity contribution in [2.24, 2.45) is 0 Å². The molecule has 13 heavy (non-hydrogen) atoms. The molecule has 0 atom stereocenters. The lowest BCUT2D eigenvalue weighted by Gasteiger charge is -1.96. The van der Waals surface area contributed by atoms with Gasteiger partial charge in [-0.05, 0) is 17.5 Å². The molecule has 0 bridgehead atoms. The Kier molecular flexibility index (Phi) is 1.70. The van der Waals surface area contributed by atoms with E-state index in [9.17, 15) is 4.79 Å². The number of nitrogens with zero attached hydrogens (tertiary/aromatic N) is 1. The highest BCUT2D eigenvalue weighted by atomic mass is 16.4. The minimum Gasteiger partial charge on any atom is -0.477 e. The second-order valence-corrected chi connectivity index (χ2v) is 2.63. The topological polar surface area (TPSA) is 50.2 Å². The Morgan fingerprint density at radius 1 is 1.54 bits per heavy atom. The van der Waals surface area contributed by atoms with Crippen molar-refractivity contribution in [3.05, 3.63) is 42.2 Å². The van der Waals surface area contributed by atoms with Crippen molar-refractivity contribution in [3.8, 4) is 0 Å². The van der Waals surface area contributed by atoms with Crippen molar-refractivity contribution < 1.29 is 9.90 Å². The Morgan fingerprint density at radius 3 is 3.15 bits per heavy atom. The SMILES string of the molecule is O=C(O)c1cc2[c]cccc2cn1. The fourth-order valence-corrected chi connectivity index (χ4v) is 1.13. The first kappa shape index (κ1) is 7.73.